The lowest BCUT2D eigenvalue weighted by Crippen LogP contribution is -2.48. The Morgan fingerprint density at radius 2 is 2.08 bits per heavy atom. The van der Waals surface area contributed by atoms with Crippen LogP contribution in [0.25, 0.3) is 0 Å². The summed E-state index contributed by atoms with van der Waals surface area (Å²) >= 11 is 3.45. The van der Waals surface area contributed by atoms with Gasteiger partial charge >= 0.3 is 6.09 Å². The van der Waals surface area contributed by atoms with Gasteiger partial charge in [-0.15, -0.1) is 0 Å². The molecule has 2 aromatic rings. The molecule has 0 unspecified atom stereocenters. The van der Waals surface area contributed by atoms with E-state index >= 15 is 0 Å². The van der Waals surface area contributed by atoms with Crippen molar-refractivity contribution in [1.82, 2.24) is 15.0 Å². The molecule has 7 nitrogen and oxygen atoms in total. The van der Waals surface area contributed by atoms with Crippen molar-refractivity contribution in [2.45, 2.75) is 25.0 Å². The summed E-state index contributed by atoms with van der Waals surface area (Å²) in [6, 6.07) is 9.44. The van der Waals surface area contributed by atoms with Crippen molar-refractivity contribution in [3.8, 4) is 0 Å². The molecule has 4 rings (SSSR count). The van der Waals surface area contributed by atoms with E-state index in [1.165, 1.54) is 6.20 Å². The number of likely N-dealkylation sites (tertiary alicyclic amines) is 1. The Balaban J connectivity index is 1.38. The molecule has 0 saturated carbocycles. The summed E-state index contributed by atoms with van der Waals surface area (Å²) in [5, 5.41) is 3.57. The van der Waals surface area contributed by atoms with Gasteiger partial charge in [0, 0.05) is 43.0 Å². The molecular formula is C18H18BrN3O4. The van der Waals surface area contributed by atoms with Crippen molar-refractivity contribution in [2.24, 2.45) is 0 Å². The molecule has 2 aliphatic rings. The molecule has 2 fully saturated rings. The molecule has 0 aliphatic carbocycles. The maximum atomic E-state index is 12.3. The third kappa shape index (κ3) is 3.33. The van der Waals surface area contributed by atoms with Gasteiger partial charge in [-0.1, -0.05) is 33.2 Å². The number of ether oxygens (including phenoxy) is 1. The number of carbonyl (C=O) groups is 2. The second kappa shape index (κ2) is 6.75. The van der Waals surface area contributed by atoms with Crippen LogP contribution in [0.3, 0.4) is 0 Å². The summed E-state index contributed by atoms with van der Waals surface area (Å²) in [5.41, 5.74) is 0.535. The number of benzene rings is 1. The first-order valence-electron chi connectivity index (χ1n) is 8.47. The first-order chi connectivity index (χ1) is 12.5. The molecular weight excluding hydrogens is 402 g/mol. The Hall–Kier alpha value is -2.35. The molecule has 2 saturated heterocycles. The number of halogens is 1. The summed E-state index contributed by atoms with van der Waals surface area (Å²) in [7, 11) is 0. The molecule has 136 valence electrons. The third-order valence-corrected chi connectivity index (χ3v) is 5.41. The van der Waals surface area contributed by atoms with Crippen LogP contribution in [0.15, 0.2) is 45.5 Å². The Morgan fingerprint density at radius 3 is 2.77 bits per heavy atom. The Kier molecular flexibility index (Phi) is 4.44. The number of hydrogen-bond donors (Lipinski definition) is 0. The van der Waals surface area contributed by atoms with Crippen molar-refractivity contribution in [1.29, 1.82) is 0 Å². The van der Waals surface area contributed by atoms with Crippen molar-refractivity contribution in [2.75, 3.05) is 19.6 Å². The van der Waals surface area contributed by atoms with Crippen LogP contribution >= 0.6 is 15.9 Å². The van der Waals surface area contributed by atoms with Gasteiger partial charge in [0.15, 0.2) is 0 Å². The summed E-state index contributed by atoms with van der Waals surface area (Å²) < 4.78 is 11.6. The van der Waals surface area contributed by atoms with Crippen LogP contribution in [0, 0.1) is 0 Å². The molecule has 1 spiro atoms. The van der Waals surface area contributed by atoms with E-state index in [1.807, 2.05) is 24.3 Å². The number of amides is 2. The fourth-order valence-corrected chi connectivity index (χ4v) is 3.98. The molecule has 1 aromatic carbocycles. The van der Waals surface area contributed by atoms with Gasteiger partial charge in [-0.05, 0) is 17.7 Å². The monoisotopic (exact) mass is 419 g/mol. The topological polar surface area (TPSA) is 75.9 Å². The molecule has 0 atom stereocenters. The average Bonchev–Trinajstić information content (AvgIpc) is 3.24. The zero-order valence-corrected chi connectivity index (χ0v) is 15.6. The normalized spacial score (nSPS) is 19.0. The van der Waals surface area contributed by atoms with Gasteiger partial charge < -0.3 is 14.2 Å². The second-order valence-electron chi connectivity index (χ2n) is 6.71. The van der Waals surface area contributed by atoms with Crippen LogP contribution < -0.4 is 0 Å². The average molecular weight is 420 g/mol. The lowest BCUT2D eigenvalue weighted by Gasteiger charge is -2.36. The molecule has 0 bridgehead atoms. The first kappa shape index (κ1) is 17.1. The Morgan fingerprint density at radius 1 is 1.27 bits per heavy atom. The highest BCUT2D eigenvalue weighted by atomic mass is 79.9. The van der Waals surface area contributed by atoms with Crippen LogP contribution in [0.1, 0.15) is 29.0 Å². The van der Waals surface area contributed by atoms with Crippen molar-refractivity contribution < 1.29 is 18.8 Å². The van der Waals surface area contributed by atoms with Gasteiger partial charge in [-0.25, -0.2) is 4.79 Å². The fraction of sp³-hybridized carbons (Fsp3) is 0.389. The molecule has 26 heavy (non-hydrogen) atoms. The molecule has 2 amide bonds. The minimum absolute atomic E-state index is 0.173. The molecule has 2 aliphatic heterocycles. The zero-order chi connectivity index (χ0) is 18.1. The standard InChI is InChI=1S/C18H18BrN3O4/c19-14-3-1-2-13(10-14)11-22-12-18(25-17(22)24)5-8-21(9-6-18)16(23)15-4-7-20-26-15/h1-4,7,10H,5-6,8-9,11-12H2. The lowest BCUT2D eigenvalue weighted by atomic mass is 9.91. The Bertz CT molecular complexity index is 816. The predicted molar refractivity (Wildman–Crippen MR) is 95.4 cm³/mol. The van der Waals surface area contributed by atoms with Crippen LogP contribution in [-0.4, -0.2) is 52.2 Å². The lowest BCUT2D eigenvalue weighted by molar-refractivity contribution is 0.00204. The smallest absolute Gasteiger partial charge is 0.410 e. The molecule has 0 radical (unpaired) electrons. The van der Waals surface area contributed by atoms with E-state index in [-0.39, 0.29) is 17.8 Å². The zero-order valence-electron chi connectivity index (χ0n) is 14.1. The van der Waals surface area contributed by atoms with E-state index < -0.39 is 5.60 Å². The second-order valence-corrected chi connectivity index (χ2v) is 7.62. The van der Waals surface area contributed by atoms with E-state index in [4.69, 9.17) is 9.26 Å². The Labute approximate surface area is 159 Å². The molecule has 0 N–H and O–H groups in total. The molecule has 1 aromatic heterocycles. The summed E-state index contributed by atoms with van der Waals surface area (Å²) in [4.78, 5) is 28.1. The quantitative estimate of drug-likeness (QED) is 0.763. The van der Waals surface area contributed by atoms with Crippen LogP contribution in [-0.2, 0) is 11.3 Å². The highest BCUT2D eigenvalue weighted by molar-refractivity contribution is 9.10. The third-order valence-electron chi connectivity index (χ3n) is 4.91. The van der Waals surface area contributed by atoms with Crippen LogP contribution in [0.2, 0.25) is 0 Å². The number of hydrogen-bond acceptors (Lipinski definition) is 5. The number of piperidine rings is 1. The minimum Gasteiger partial charge on any atom is -0.441 e. The van der Waals surface area contributed by atoms with E-state index in [2.05, 4.69) is 21.1 Å². The van der Waals surface area contributed by atoms with Gasteiger partial charge in [-0.2, -0.15) is 0 Å². The number of carbonyl (C=O) groups excluding carboxylic acids is 2. The van der Waals surface area contributed by atoms with E-state index in [0.29, 0.717) is 39.0 Å². The van der Waals surface area contributed by atoms with Crippen molar-refractivity contribution in [3.05, 3.63) is 52.3 Å². The molecule has 3 heterocycles. The maximum absolute atomic E-state index is 12.3. The predicted octanol–water partition coefficient (Wildman–Crippen LogP) is 3.06. The van der Waals surface area contributed by atoms with Gasteiger partial charge in [0.1, 0.15) is 5.60 Å². The summed E-state index contributed by atoms with van der Waals surface area (Å²) in [5.74, 6) is 0.0633. The minimum atomic E-state index is -0.513. The van der Waals surface area contributed by atoms with E-state index in [0.717, 1.165) is 10.0 Å². The van der Waals surface area contributed by atoms with E-state index in [1.54, 1.807) is 15.9 Å². The van der Waals surface area contributed by atoms with Gasteiger partial charge in [0.05, 0.1) is 12.7 Å². The number of nitrogens with zero attached hydrogens (tertiary/aromatic N) is 3. The number of rotatable bonds is 3. The SMILES string of the molecule is O=C1OC2(CCN(C(=O)c3ccno3)CC2)CN1Cc1cccc(Br)c1. The first-order valence-corrected chi connectivity index (χ1v) is 9.26. The van der Waals surface area contributed by atoms with Gasteiger partial charge in [0.25, 0.3) is 5.91 Å². The largest absolute Gasteiger partial charge is 0.441 e. The van der Waals surface area contributed by atoms with Crippen LogP contribution in [0.5, 0.6) is 0 Å². The summed E-state index contributed by atoms with van der Waals surface area (Å²) in [6.07, 6.45) is 2.40. The number of aromatic nitrogens is 1. The van der Waals surface area contributed by atoms with Crippen LogP contribution in [0.4, 0.5) is 4.79 Å². The van der Waals surface area contributed by atoms with Gasteiger partial charge in [-0.3, -0.25) is 9.69 Å². The highest BCUT2D eigenvalue weighted by Gasteiger charge is 2.47. The maximum Gasteiger partial charge on any atom is 0.410 e. The van der Waals surface area contributed by atoms with E-state index in [9.17, 15) is 9.59 Å². The van der Waals surface area contributed by atoms with Gasteiger partial charge in [0.2, 0.25) is 5.76 Å². The summed E-state index contributed by atoms with van der Waals surface area (Å²) in [6.45, 7) is 2.11. The van der Waals surface area contributed by atoms with Crippen molar-refractivity contribution >= 4 is 27.9 Å². The van der Waals surface area contributed by atoms with Crippen molar-refractivity contribution in [3.63, 3.8) is 0 Å². The molecule has 8 heteroatoms. The fourth-order valence-electron chi connectivity index (χ4n) is 3.53. The highest BCUT2D eigenvalue weighted by Crippen LogP contribution is 2.34.